The summed E-state index contributed by atoms with van der Waals surface area (Å²) in [6, 6.07) is 6.93. The van der Waals surface area contributed by atoms with Crippen LogP contribution in [-0.2, 0) is 0 Å². The molecule has 5 heteroatoms. The molecular weight excluding hydrogens is 218 g/mol. The highest BCUT2D eigenvalue weighted by Crippen LogP contribution is 2.26. The largest absolute Gasteiger partial charge is 0.475 e. The third-order valence-electron chi connectivity index (χ3n) is 1.82. The molecule has 0 saturated heterocycles. The lowest BCUT2D eigenvalue weighted by atomic mass is 10.2. The molecule has 0 amide bonds. The average molecular weight is 224 g/mol. The summed E-state index contributed by atoms with van der Waals surface area (Å²) in [5.74, 6) is -1.15. The van der Waals surface area contributed by atoms with Gasteiger partial charge in [0, 0.05) is 0 Å². The van der Waals surface area contributed by atoms with Crippen LogP contribution in [0.3, 0.4) is 0 Å². The molecule has 0 atom stereocenters. The lowest BCUT2D eigenvalue weighted by Crippen LogP contribution is -1.91. The molecule has 1 heterocycles. The molecule has 4 nitrogen and oxygen atoms in total. The van der Waals surface area contributed by atoms with Crippen molar-refractivity contribution in [3.05, 3.63) is 41.2 Å². The van der Waals surface area contributed by atoms with Crippen molar-refractivity contribution in [2.75, 3.05) is 0 Å². The van der Waals surface area contributed by atoms with Gasteiger partial charge in [-0.2, -0.15) is 0 Å². The number of nitrogens with zero attached hydrogens (tertiary/aromatic N) is 1. The van der Waals surface area contributed by atoms with E-state index < -0.39 is 5.97 Å². The standard InChI is InChI=1S/C10H6ClNO3/c11-7-4-2-1-3-6(7)9-12-5-8(15-9)10(13)14/h1-5H,(H,13,14). The maximum atomic E-state index is 10.6. The van der Waals surface area contributed by atoms with Crippen LogP contribution >= 0.6 is 11.6 Å². The van der Waals surface area contributed by atoms with Crippen molar-refractivity contribution in [3.63, 3.8) is 0 Å². The number of carboxylic acids is 1. The van der Waals surface area contributed by atoms with Gasteiger partial charge in [-0.25, -0.2) is 9.78 Å². The van der Waals surface area contributed by atoms with E-state index in [1.807, 2.05) is 0 Å². The molecule has 2 rings (SSSR count). The first kappa shape index (κ1) is 9.73. The van der Waals surface area contributed by atoms with Crippen molar-refractivity contribution < 1.29 is 14.3 Å². The summed E-state index contributed by atoms with van der Waals surface area (Å²) in [5, 5.41) is 9.12. The van der Waals surface area contributed by atoms with Gasteiger partial charge >= 0.3 is 5.97 Å². The molecule has 1 aromatic carbocycles. The van der Waals surface area contributed by atoms with E-state index in [-0.39, 0.29) is 11.7 Å². The number of aromatic nitrogens is 1. The van der Waals surface area contributed by atoms with Crippen LogP contribution in [0, 0.1) is 0 Å². The highest BCUT2D eigenvalue weighted by Gasteiger charge is 2.13. The Balaban J connectivity index is 2.46. The highest BCUT2D eigenvalue weighted by molar-refractivity contribution is 6.33. The molecule has 15 heavy (non-hydrogen) atoms. The van der Waals surface area contributed by atoms with E-state index in [0.717, 1.165) is 6.20 Å². The van der Waals surface area contributed by atoms with Gasteiger partial charge in [-0.15, -0.1) is 0 Å². The van der Waals surface area contributed by atoms with Gasteiger partial charge in [0.05, 0.1) is 16.8 Å². The van der Waals surface area contributed by atoms with Crippen LogP contribution in [-0.4, -0.2) is 16.1 Å². The number of hydrogen-bond acceptors (Lipinski definition) is 3. The quantitative estimate of drug-likeness (QED) is 0.850. The topological polar surface area (TPSA) is 63.3 Å². The third-order valence-corrected chi connectivity index (χ3v) is 2.15. The number of hydrogen-bond donors (Lipinski definition) is 1. The lowest BCUT2D eigenvalue weighted by Gasteiger charge is -1.97. The maximum Gasteiger partial charge on any atom is 0.373 e. The third kappa shape index (κ3) is 1.85. The summed E-state index contributed by atoms with van der Waals surface area (Å²) in [7, 11) is 0. The van der Waals surface area contributed by atoms with E-state index >= 15 is 0 Å². The summed E-state index contributed by atoms with van der Waals surface area (Å²) in [6.07, 6.45) is 1.15. The molecule has 0 aliphatic rings. The molecule has 1 N–H and O–H groups in total. The van der Waals surface area contributed by atoms with E-state index in [4.69, 9.17) is 21.1 Å². The van der Waals surface area contributed by atoms with E-state index in [1.165, 1.54) is 0 Å². The summed E-state index contributed by atoms with van der Waals surface area (Å²) < 4.78 is 5.02. The van der Waals surface area contributed by atoms with Crippen LogP contribution in [0.5, 0.6) is 0 Å². The van der Waals surface area contributed by atoms with Gasteiger partial charge in [0.25, 0.3) is 0 Å². The molecule has 1 aromatic heterocycles. The van der Waals surface area contributed by atoms with Gasteiger partial charge in [0.2, 0.25) is 11.7 Å². The molecule has 0 unspecified atom stereocenters. The fourth-order valence-corrected chi connectivity index (χ4v) is 1.35. The van der Waals surface area contributed by atoms with E-state index in [2.05, 4.69) is 4.98 Å². The van der Waals surface area contributed by atoms with Crippen molar-refractivity contribution in [2.45, 2.75) is 0 Å². The SMILES string of the molecule is O=C(O)c1cnc(-c2ccccc2Cl)o1. The van der Waals surface area contributed by atoms with Crippen LogP contribution in [0.25, 0.3) is 11.5 Å². The number of carbonyl (C=O) groups is 1. The van der Waals surface area contributed by atoms with Gasteiger partial charge in [-0.3, -0.25) is 0 Å². The first-order chi connectivity index (χ1) is 7.18. The Kier molecular flexibility index (Phi) is 2.43. The predicted molar refractivity (Wildman–Crippen MR) is 53.9 cm³/mol. The maximum absolute atomic E-state index is 10.6. The van der Waals surface area contributed by atoms with Crippen molar-refractivity contribution >= 4 is 17.6 Å². The summed E-state index contributed by atoms with van der Waals surface area (Å²) in [4.78, 5) is 14.4. The highest BCUT2D eigenvalue weighted by atomic mass is 35.5. The second-order valence-electron chi connectivity index (χ2n) is 2.81. The molecule has 0 aliphatic carbocycles. The normalized spacial score (nSPS) is 10.2. The number of aromatic carboxylic acids is 1. The van der Waals surface area contributed by atoms with Gasteiger partial charge in [-0.05, 0) is 12.1 Å². The predicted octanol–water partition coefficient (Wildman–Crippen LogP) is 2.69. The Hall–Kier alpha value is -1.81. The van der Waals surface area contributed by atoms with Crippen LogP contribution < -0.4 is 0 Å². The van der Waals surface area contributed by atoms with E-state index in [1.54, 1.807) is 24.3 Å². The zero-order valence-corrected chi connectivity index (χ0v) is 8.23. The summed E-state index contributed by atoms with van der Waals surface area (Å²) in [6.45, 7) is 0. The summed E-state index contributed by atoms with van der Waals surface area (Å²) >= 11 is 5.90. The first-order valence-corrected chi connectivity index (χ1v) is 4.50. The number of rotatable bonds is 2. The van der Waals surface area contributed by atoms with Gasteiger partial charge < -0.3 is 9.52 Å². The van der Waals surface area contributed by atoms with Crippen molar-refractivity contribution in [1.82, 2.24) is 4.98 Å². The molecule has 0 bridgehead atoms. The Labute approximate surface area is 90.1 Å². The van der Waals surface area contributed by atoms with Gasteiger partial charge in [0.1, 0.15) is 0 Å². The van der Waals surface area contributed by atoms with Gasteiger partial charge in [0.15, 0.2) is 0 Å². The number of benzene rings is 1. The minimum absolute atomic E-state index is 0.204. The average Bonchev–Trinajstić information content (AvgIpc) is 2.67. The van der Waals surface area contributed by atoms with Crippen LogP contribution in [0.2, 0.25) is 5.02 Å². The second-order valence-corrected chi connectivity index (χ2v) is 3.22. The van der Waals surface area contributed by atoms with Crippen molar-refractivity contribution in [2.24, 2.45) is 0 Å². The molecule has 0 saturated carbocycles. The minimum atomic E-state index is -1.15. The Bertz CT molecular complexity index is 507. The Morgan fingerprint density at radius 2 is 2.13 bits per heavy atom. The monoisotopic (exact) mass is 223 g/mol. The molecule has 0 fully saturated rings. The smallest absolute Gasteiger partial charge is 0.373 e. The molecule has 0 spiro atoms. The van der Waals surface area contributed by atoms with Crippen LogP contribution in [0.15, 0.2) is 34.9 Å². The lowest BCUT2D eigenvalue weighted by molar-refractivity contribution is 0.0663. The molecule has 2 aromatic rings. The van der Waals surface area contributed by atoms with Crippen LogP contribution in [0.4, 0.5) is 0 Å². The zero-order valence-electron chi connectivity index (χ0n) is 7.48. The van der Waals surface area contributed by atoms with Gasteiger partial charge in [-0.1, -0.05) is 23.7 Å². The summed E-state index contributed by atoms with van der Waals surface area (Å²) in [5.41, 5.74) is 0.576. The van der Waals surface area contributed by atoms with E-state index in [0.29, 0.717) is 10.6 Å². The minimum Gasteiger partial charge on any atom is -0.475 e. The number of oxazole rings is 1. The van der Waals surface area contributed by atoms with E-state index in [9.17, 15) is 4.79 Å². The fraction of sp³-hybridized carbons (Fsp3) is 0. The van der Waals surface area contributed by atoms with Crippen LogP contribution in [0.1, 0.15) is 10.6 Å². The molecular formula is C10H6ClNO3. The zero-order chi connectivity index (χ0) is 10.8. The van der Waals surface area contributed by atoms with Crippen molar-refractivity contribution in [3.8, 4) is 11.5 Å². The number of halogens is 1. The Morgan fingerprint density at radius 3 is 2.73 bits per heavy atom. The molecule has 0 radical (unpaired) electrons. The van der Waals surface area contributed by atoms with Crippen molar-refractivity contribution in [1.29, 1.82) is 0 Å². The second kappa shape index (κ2) is 3.74. The first-order valence-electron chi connectivity index (χ1n) is 4.12. The molecule has 0 aliphatic heterocycles. The molecule has 76 valence electrons. The number of carboxylic acid groups (broad SMARTS) is 1. The fourth-order valence-electron chi connectivity index (χ4n) is 1.13. The Morgan fingerprint density at radius 1 is 1.40 bits per heavy atom.